The summed E-state index contributed by atoms with van der Waals surface area (Å²) in [5.41, 5.74) is 9.36. The molecule has 0 amide bonds. The molecule has 1 atom stereocenters. The minimum Gasteiger partial charge on any atom is -0.367 e. The van der Waals surface area contributed by atoms with Crippen LogP contribution < -0.4 is 11.1 Å². The van der Waals surface area contributed by atoms with E-state index >= 15 is 0 Å². The van der Waals surface area contributed by atoms with E-state index in [0.29, 0.717) is 13.2 Å². The van der Waals surface area contributed by atoms with Crippen molar-refractivity contribution in [2.24, 2.45) is 5.73 Å². The summed E-state index contributed by atoms with van der Waals surface area (Å²) in [5, 5.41) is 3.27. The van der Waals surface area contributed by atoms with Gasteiger partial charge in [0.2, 0.25) is 0 Å². The third-order valence-electron chi connectivity index (χ3n) is 4.07. The second-order valence-electron chi connectivity index (χ2n) is 7.07. The molecule has 0 saturated carbocycles. The van der Waals surface area contributed by atoms with Gasteiger partial charge in [-0.15, -0.1) is 0 Å². The van der Waals surface area contributed by atoms with Gasteiger partial charge in [-0.2, -0.15) is 0 Å². The minimum atomic E-state index is -0.0418. The fraction of sp³-hybridized carbons (Fsp3) is 0.429. The van der Waals surface area contributed by atoms with Crippen molar-refractivity contribution in [3.05, 3.63) is 71.3 Å². The third-order valence-corrected chi connectivity index (χ3v) is 4.07. The van der Waals surface area contributed by atoms with E-state index in [1.165, 1.54) is 16.7 Å². The number of ether oxygens (including phenoxy) is 1. The molecule has 0 saturated heterocycles. The Labute approximate surface area is 146 Å². The molecule has 0 spiro atoms. The van der Waals surface area contributed by atoms with Crippen molar-refractivity contribution in [2.75, 3.05) is 26.2 Å². The lowest BCUT2D eigenvalue weighted by Gasteiger charge is -2.22. The van der Waals surface area contributed by atoms with Gasteiger partial charge in [0.15, 0.2) is 0 Å². The lowest BCUT2D eigenvalue weighted by molar-refractivity contribution is 0.0823. The number of hydrogen-bond donors (Lipinski definition) is 2. The van der Waals surface area contributed by atoms with E-state index in [0.717, 1.165) is 13.1 Å². The van der Waals surface area contributed by atoms with Gasteiger partial charge in [0, 0.05) is 19.6 Å². The molecule has 0 heterocycles. The van der Waals surface area contributed by atoms with Crippen LogP contribution in [0.25, 0.3) is 0 Å². The second kappa shape index (κ2) is 8.97. The van der Waals surface area contributed by atoms with Gasteiger partial charge >= 0.3 is 0 Å². The predicted octanol–water partition coefficient (Wildman–Crippen LogP) is 3.64. The Kier molecular flexibility index (Phi) is 6.98. The highest BCUT2D eigenvalue weighted by Crippen LogP contribution is 2.29. The average Bonchev–Trinajstić information content (AvgIpc) is 2.58. The van der Waals surface area contributed by atoms with E-state index in [2.05, 4.69) is 74.6 Å². The van der Waals surface area contributed by atoms with Crippen molar-refractivity contribution < 1.29 is 4.74 Å². The fourth-order valence-corrected chi connectivity index (χ4v) is 2.65. The summed E-state index contributed by atoms with van der Waals surface area (Å²) in [6.45, 7) is 9.63. The zero-order valence-corrected chi connectivity index (χ0v) is 15.1. The minimum absolute atomic E-state index is 0.0418. The molecule has 3 N–H and O–H groups in total. The molecule has 0 fully saturated rings. The first-order valence-corrected chi connectivity index (χ1v) is 8.70. The molecule has 24 heavy (non-hydrogen) atoms. The van der Waals surface area contributed by atoms with Crippen LogP contribution in [0.4, 0.5) is 0 Å². The predicted molar refractivity (Wildman–Crippen MR) is 101 cm³/mol. The van der Waals surface area contributed by atoms with Gasteiger partial charge in [0.25, 0.3) is 0 Å². The maximum Gasteiger partial charge on any atom is 0.108 e. The van der Waals surface area contributed by atoms with E-state index in [9.17, 15) is 0 Å². The van der Waals surface area contributed by atoms with Gasteiger partial charge in [-0.1, -0.05) is 75.4 Å². The van der Waals surface area contributed by atoms with Crippen LogP contribution in [0.15, 0.2) is 54.6 Å². The molecule has 3 heteroatoms. The molecular formula is C21H30N2O. The largest absolute Gasteiger partial charge is 0.367 e. The summed E-state index contributed by atoms with van der Waals surface area (Å²) >= 11 is 0. The zero-order valence-electron chi connectivity index (χ0n) is 15.1. The van der Waals surface area contributed by atoms with Gasteiger partial charge in [-0.3, -0.25) is 0 Å². The van der Waals surface area contributed by atoms with E-state index in [1.54, 1.807) is 0 Å². The van der Waals surface area contributed by atoms with Crippen LogP contribution in [0.1, 0.15) is 43.6 Å². The highest BCUT2D eigenvalue weighted by molar-refractivity contribution is 5.34. The van der Waals surface area contributed by atoms with Crippen LogP contribution in [0.3, 0.4) is 0 Å². The zero-order chi connectivity index (χ0) is 17.4. The molecule has 2 rings (SSSR count). The van der Waals surface area contributed by atoms with Gasteiger partial charge in [-0.05, 0) is 22.1 Å². The molecule has 130 valence electrons. The van der Waals surface area contributed by atoms with Crippen molar-refractivity contribution in [1.29, 1.82) is 0 Å². The number of nitrogens with one attached hydrogen (secondary N) is 1. The Morgan fingerprint density at radius 2 is 1.54 bits per heavy atom. The van der Waals surface area contributed by atoms with Crippen LogP contribution in [0.2, 0.25) is 0 Å². The van der Waals surface area contributed by atoms with Gasteiger partial charge in [0.05, 0.1) is 6.61 Å². The third kappa shape index (κ3) is 5.45. The molecule has 0 radical (unpaired) electrons. The molecule has 1 unspecified atom stereocenters. The Morgan fingerprint density at radius 1 is 0.917 bits per heavy atom. The summed E-state index contributed by atoms with van der Waals surface area (Å²) in [6, 6.07) is 19.2. The van der Waals surface area contributed by atoms with Gasteiger partial charge in [0.1, 0.15) is 6.10 Å². The van der Waals surface area contributed by atoms with E-state index < -0.39 is 0 Å². The lowest BCUT2D eigenvalue weighted by atomic mass is 9.86. The summed E-state index contributed by atoms with van der Waals surface area (Å²) < 4.78 is 6.18. The maximum atomic E-state index is 6.18. The summed E-state index contributed by atoms with van der Waals surface area (Å²) in [4.78, 5) is 0. The standard InChI is InChI=1S/C21H30N2O/c1-21(2,3)19-11-9-18(10-12-19)20(17-7-5-4-6-8-17)24-16-15-23-14-13-22/h4-12,20,23H,13-16,22H2,1-3H3. The average molecular weight is 326 g/mol. The molecule has 0 aliphatic carbocycles. The first-order chi connectivity index (χ1) is 11.5. The number of benzene rings is 2. The number of nitrogens with two attached hydrogens (primary N) is 1. The molecule has 2 aromatic rings. The monoisotopic (exact) mass is 326 g/mol. The normalized spacial score (nSPS) is 13.0. The molecule has 0 aliphatic rings. The SMILES string of the molecule is CC(C)(C)c1ccc(C(OCCNCCN)c2ccccc2)cc1. The van der Waals surface area contributed by atoms with Crippen molar-refractivity contribution in [1.82, 2.24) is 5.32 Å². The van der Waals surface area contributed by atoms with Crippen molar-refractivity contribution in [3.8, 4) is 0 Å². The Morgan fingerprint density at radius 3 is 2.12 bits per heavy atom. The van der Waals surface area contributed by atoms with Crippen LogP contribution in [-0.4, -0.2) is 26.2 Å². The topological polar surface area (TPSA) is 47.3 Å². The van der Waals surface area contributed by atoms with Crippen molar-refractivity contribution >= 4 is 0 Å². The van der Waals surface area contributed by atoms with Crippen molar-refractivity contribution in [2.45, 2.75) is 32.3 Å². The smallest absolute Gasteiger partial charge is 0.108 e. The Hall–Kier alpha value is -1.68. The second-order valence-corrected chi connectivity index (χ2v) is 7.07. The quantitative estimate of drug-likeness (QED) is 0.728. The van der Waals surface area contributed by atoms with Crippen LogP contribution >= 0.6 is 0 Å². The molecule has 0 aliphatic heterocycles. The summed E-state index contributed by atoms with van der Waals surface area (Å²) in [6.07, 6.45) is -0.0418. The molecule has 0 aromatic heterocycles. The maximum absolute atomic E-state index is 6.18. The summed E-state index contributed by atoms with van der Waals surface area (Å²) in [7, 11) is 0. The van der Waals surface area contributed by atoms with Gasteiger partial charge in [-0.25, -0.2) is 0 Å². The Bertz CT molecular complexity index is 587. The van der Waals surface area contributed by atoms with Gasteiger partial charge < -0.3 is 15.8 Å². The molecular weight excluding hydrogens is 296 g/mol. The molecule has 2 aromatic carbocycles. The van der Waals surface area contributed by atoms with Crippen LogP contribution in [0.5, 0.6) is 0 Å². The summed E-state index contributed by atoms with van der Waals surface area (Å²) in [5.74, 6) is 0. The van der Waals surface area contributed by atoms with Crippen LogP contribution in [0, 0.1) is 0 Å². The number of hydrogen-bond acceptors (Lipinski definition) is 3. The van der Waals surface area contributed by atoms with E-state index in [1.807, 2.05) is 6.07 Å². The fourth-order valence-electron chi connectivity index (χ4n) is 2.65. The van der Waals surface area contributed by atoms with Crippen LogP contribution in [-0.2, 0) is 10.2 Å². The highest BCUT2D eigenvalue weighted by Gasteiger charge is 2.17. The highest BCUT2D eigenvalue weighted by atomic mass is 16.5. The first-order valence-electron chi connectivity index (χ1n) is 8.70. The Balaban J connectivity index is 2.13. The van der Waals surface area contributed by atoms with E-state index in [-0.39, 0.29) is 11.5 Å². The molecule has 0 bridgehead atoms. The van der Waals surface area contributed by atoms with E-state index in [4.69, 9.17) is 10.5 Å². The molecule has 3 nitrogen and oxygen atoms in total. The lowest BCUT2D eigenvalue weighted by Crippen LogP contribution is -2.26. The number of rotatable bonds is 8. The van der Waals surface area contributed by atoms with Crippen molar-refractivity contribution in [3.63, 3.8) is 0 Å². The first kappa shape index (κ1) is 18.7.